The molecular weight excluding hydrogens is 767 g/mol. The molecule has 0 heterocycles. The number of nitro benzene ring substituents is 3. The number of carbonyl (C=O) groups is 3. The standard InChI is InChI=1S/C15H13NO4S.C11H13NO5S.C9H9NO4S/c1-21-15(17)20-14(11-7-3-2-4-8-11)12-9-5-6-10-13(12)16(18)19;1-7-4-9(12(14)15)8(5-10(7)16-2)6-17-11(13)18-3;1-15-9(11)14-6-7-4-2-3-5-8(7)10(12)13/h2-10,14H,1H3;4-5H,6H2,1-3H3;2-5H,6H2,1H3. The van der Waals surface area contributed by atoms with Crippen molar-refractivity contribution in [3.63, 3.8) is 0 Å². The van der Waals surface area contributed by atoms with Crippen molar-refractivity contribution in [3.05, 3.63) is 149 Å². The molecule has 4 rings (SSSR count). The van der Waals surface area contributed by atoms with E-state index >= 15 is 0 Å². The van der Waals surface area contributed by atoms with Gasteiger partial charge in [-0.05, 0) is 90.3 Å². The topological polar surface area (TPSA) is 218 Å². The van der Waals surface area contributed by atoms with Crippen molar-refractivity contribution < 1.29 is 48.1 Å². The van der Waals surface area contributed by atoms with Crippen LogP contribution in [0.2, 0.25) is 0 Å². The van der Waals surface area contributed by atoms with E-state index in [2.05, 4.69) is 0 Å². The largest absolute Gasteiger partial charge is 0.496 e. The molecule has 0 aliphatic rings. The summed E-state index contributed by atoms with van der Waals surface area (Å²) in [5.74, 6) is 0.524. The maximum absolute atomic E-state index is 11.6. The van der Waals surface area contributed by atoms with Crippen molar-refractivity contribution in [2.75, 3.05) is 25.9 Å². The second-order valence-corrected chi connectivity index (χ2v) is 12.5. The first-order valence-electron chi connectivity index (χ1n) is 15.3. The Labute approximate surface area is 322 Å². The van der Waals surface area contributed by atoms with Crippen molar-refractivity contribution in [2.45, 2.75) is 26.2 Å². The van der Waals surface area contributed by atoms with E-state index in [-0.39, 0.29) is 30.3 Å². The molecule has 0 amide bonds. The molecule has 0 fully saturated rings. The summed E-state index contributed by atoms with van der Waals surface area (Å²) < 4.78 is 20.1. The van der Waals surface area contributed by atoms with Crippen LogP contribution >= 0.6 is 35.3 Å². The minimum absolute atomic E-state index is 0.0357. The van der Waals surface area contributed by atoms with Gasteiger partial charge in [-0.25, -0.2) is 14.4 Å². The molecular formula is C35H35N3O13S3. The lowest BCUT2D eigenvalue weighted by Crippen LogP contribution is -2.11. The molecule has 0 saturated heterocycles. The van der Waals surface area contributed by atoms with Crippen LogP contribution in [0.15, 0.2) is 91.0 Å². The Bertz CT molecular complexity index is 1930. The van der Waals surface area contributed by atoms with E-state index in [4.69, 9.17) is 18.9 Å². The fourth-order valence-corrected chi connectivity index (χ4v) is 4.93. The molecule has 0 saturated carbocycles. The second kappa shape index (κ2) is 23.1. The molecule has 16 nitrogen and oxygen atoms in total. The zero-order chi connectivity index (χ0) is 40.2. The van der Waals surface area contributed by atoms with E-state index in [0.29, 0.717) is 33.6 Å². The number of methoxy groups -OCH3 is 1. The molecule has 0 radical (unpaired) electrons. The highest BCUT2D eigenvalue weighted by Crippen LogP contribution is 2.34. The van der Waals surface area contributed by atoms with Crippen LogP contribution in [-0.2, 0) is 27.4 Å². The lowest BCUT2D eigenvalue weighted by Gasteiger charge is -2.18. The Hall–Kier alpha value is -5.66. The molecule has 0 spiro atoms. The van der Waals surface area contributed by atoms with Gasteiger partial charge >= 0.3 is 15.9 Å². The molecule has 0 aliphatic carbocycles. The molecule has 54 heavy (non-hydrogen) atoms. The number of thioether (sulfide) groups is 3. The van der Waals surface area contributed by atoms with E-state index in [1.54, 1.807) is 86.4 Å². The summed E-state index contributed by atoms with van der Waals surface area (Å²) in [5.41, 5.74) is 2.22. The Morgan fingerprint density at radius 3 is 1.63 bits per heavy atom. The number of nitrogens with zero attached hydrogens (tertiary/aromatic N) is 3. The molecule has 4 aromatic rings. The lowest BCUT2D eigenvalue weighted by molar-refractivity contribution is -0.386. The summed E-state index contributed by atoms with van der Waals surface area (Å²) in [4.78, 5) is 64.7. The number of hydrogen-bond donors (Lipinski definition) is 0. The van der Waals surface area contributed by atoms with Gasteiger partial charge in [0.05, 0.1) is 38.6 Å². The predicted molar refractivity (Wildman–Crippen MR) is 206 cm³/mol. The van der Waals surface area contributed by atoms with Crippen molar-refractivity contribution in [2.24, 2.45) is 0 Å². The van der Waals surface area contributed by atoms with Crippen molar-refractivity contribution in [1.82, 2.24) is 0 Å². The molecule has 0 N–H and O–H groups in total. The van der Waals surface area contributed by atoms with E-state index in [1.165, 1.54) is 31.4 Å². The third-order valence-electron chi connectivity index (χ3n) is 6.90. The summed E-state index contributed by atoms with van der Waals surface area (Å²) in [6.45, 7) is 1.49. The van der Waals surface area contributed by atoms with Crippen molar-refractivity contribution >= 4 is 68.3 Å². The van der Waals surface area contributed by atoms with Gasteiger partial charge in [0, 0.05) is 18.2 Å². The summed E-state index contributed by atoms with van der Waals surface area (Å²) in [6.07, 6.45) is 3.96. The van der Waals surface area contributed by atoms with Gasteiger partial charge in [-0.3, -0.25) is 30.3 Å². The minimum atomic E-state index is -0.798. The van der Waals surface area contributed by atoms with Crippen molar-refractivity contribution in [3.8, 4) is 5.75 Å². The van der Waals surface area contributed by atoms with Crippen molar-refractivity contribution in [1.29, 1.82) is 0 Å². The van der Waals surface area contributed by atoms with Gasteiger partial charge in [0.15, 0.2) is 6.10 Å². The minimum Gasteiger partial charge on any atom is -0.496 e. The Kier molecular flexibility index (Phi) is 19.0. The number of nitro groups is 3. The number of ether oxygens (including phenoxy) is 4. The van der Waals surface area contributed by atoms with Gasteiger partial charge in [0.2, 0.25) is 0 Å². The average Bonchev–Trinajstić information content (AvgIpc) is 3.18. The number of benzene rings is 4. The Morgan fingerprint density at radius 2 is 1.11 bits per heavy atom. The maximum atomic E-state index is 11.6. The molecule has 286 valence electrons. The number of aryl methyl sites for hydroxylation is 1. The van der Waals surface area contributed by atoms with Gasteiger partial charge in [0.25, 0.3) is 17.1 Å². The van der Waals surface area contributed by atoms with E-state index in [1.807, 2.05) is 6.07 Å². The SMILES string of the molecule is COc1cc(COC(=O)SC)c([N+](=O)[O-])cc1C.CSC(=O)OC(c1ccccc1)c1ccccc1[N+](=O)[O-].CSC(=O)OCc1ccccc1[N+](=O)[O-]. The van der Waals surface area contributed by atoms with E-state index in [9.17, 15) is 44.7 Å². The smallest absolute Gasteiger partial charge is 0.367 e. The highest BCUT2D eigenvalue weighted by Gasteiger charge is 2.26. The molecule has 1 unspecified atom stereocenters. The van der Waals surface area contributed by atoms with Gasteiger partial charge in [-0.1, -0.05) is 54.6 Å². The summed E-state index contributed by atoms with van der Waals surface area (Å²) in [7, 11) is 1.48. The van der Waals surface area contributed by atoms with Crippen LogP contribution in [0, 0.1) is 37.3 Å². The third-order valence-corrected chi connectivity index (χ3v) is 8.24. The maximum Gasteiger partial charge on any atom is 0.367 e. The Morgan fingerprint density at radius 1 is 0.630 bits per heavy atom. The van der Waals surface area contributed by atoms with Gasteiger partial charge in [-0.2, -0.15) is 0 Å². The third kappa shape index (κ3) is 14.1. The number of rotatable bonds is 11. The van der Waals surface area contributed by atoms with E-state index in [0.717, 1.165) is 35.3 Å². The normalized spacial score (nSPS) is 10.5. The van der Waals surface area contributed by atoms with Crippen LogP contribution in [0.1, 0.15) is 33.9 Å². The number of para-hydroxylation sites is 2. The van der Waals surface area contributed by atoms with Gasteiger partial charge < -0.3 is 18.9 Å². The zero-order valence-electron chi connectivity index (χ0n) is 29.5. The van der Waals surface area contributed by atoms with Crippen LogP contribution in [0.4, 0.5) is 31.4 Å². The highest BCUT2D eigenvalue weighted by molar-refractivity contribution is 8.13. The van der Waals surface area contributed by atoms with E-state index < -0.39 is 36.8 Å². The monoisotopic (exact) mass is 801 g/mol. The molecule has 0 aromatic heterocycles. The molecule has 19 heteroatoms. The summed E-state index contributed by atoms with van der Waals surface area (Å²) in [5, 5.41) is 31.3. The summed E-state index contributed by atoms with van der Waals surface area (Å²) >= 11 is 2.76. The van der Waals surface area contributed by atoms with Crippen LogP contribution < -0.4 is 4.74 Å². The van der Waals surface area contributed by atoms with Crippen LogP contribution in [-0.4, -0.2) is 56.6 Å². The molecule has 0 bridgehead atoms. The fraction of sp³-hybridized carbons (Fsp3) is 0.229. The lowest BCUT2D eigenvalue weighted by atomic mass is 10.00. The number of carbonyl (C=O) groups excluding carboxylic acids is 3. The molecule has 1 atom stereocenters. The molecule has 0 aliphatic heterocycles. The molecule has 4 aromatic carbocycles. The fourth-order valence-electron chi connectivity index (χ4n) is 4.38. The zero-order valence-corrected chi connectivity index (χ0v) is 32.0. The number of hydrogen-bond acceptors (Lipinski definition) is 16. The second-order valence-electron chi connectivity index (χ2n) is 10.3. The Balaban J connectivity index is 0.000000284. The first-order valence-corrected chi connectivity index (χ1v) is 18.9. The first kappa shape index (κ1) is 44.5. The van der Waals surface area contributed by atoms with Crippen LogP contribution in [0.3, 0.4) is 0 Å². The highest BCUT2D eigenvalue weighted by atomic mass is 32.2. The average molecular weight is 802 g/mol. The first-order chi connectivity index (χ1) is 25.8. The van der Waals surface area contributed by atoms with Crippen LogP contribution in [0.25, 0.3) is 0 Å². The predicted octanol–water partition coefficient (Wildman–Crippen LogP) is 9.69. The van der Waals surface area contributed by atoms with Gasteiger partial charge in [-0.15, -0.1) is 0 Å². The summed E-state index contributed by atoms with van der Waals surface area (Å²) in [6, 6.07) is 24.3. The quantitative estimate of drug-likeness (QED) is 0.0596. The van der Waals surface area contributed by atoms with Gasteiger partial charge in [0.1, 0.15) is 19.0 Å². The van der Waals surface area contributed by atoms with Crippen LogP contribution in [0.5, 0.6) is 5.75 Å².